The van der Waals surface area contributed by atoms with Gasteiger partial charge in [0.1, 0.15) is 5.69 Å². The molecule has 0 N–H and O–H groups in total. The molecule has 0 spiro atoms. The summed E-state index contributed by atoms with van der Waals surface area (Å²) in [6.45, 7) is 6.56. The Morgan fingerprint density at radius 2 is 1.67 bits per heavy atom. The van der Waals surface area contributed by atoms with E-state index >= 15 is 0 Å². The van der Waals surface area contributed by atoms with E-state index in [-0.39, 0.29) is 11.8 Å². The number of nitrogens with zero attached hydrogens (tertiary/aromatic N) is 3. The molecule has 0 saturated carbocycles. The Morgan fingerprint density at radius 1 is 1.04 bits per heavy atom. The maximum Gasteiger partial charge on any atom is 0.270 e. The van der Waals surface area contributed by atoms with Gasteiger partial charge in [0.05, 0.1) is 0 Å². The number of amides is 2. The molecular formula is C19H25N3O2. The smallest absolute Gasteiger partial charge is 0.270 e. The van der Waals surface area contributed by atoms with E-state index in [2.05, 4.69) is 13.8 Å². The van der Waals surface area contributed by atoms with Gasteiger partial charge >= 0.3 is 0 Å². The molecule has 0 aliphatic carbocycles. The molecule has 1 aliphatic heterocycles. The summed E-state index contributed by atoms with van der Waals surface area (Å²) in [5.41, 5.74) is 1.77. The van der Waals surface area contributed by atoms with Crippen molar-refractivity contribution in [1.82, 2.24) is 14.4 Å². The highest BCUT2D eigenvalue weighted by molar-refractivity contribution is 5.98. The number of aromatic nitrogens is 1. The van der Waals surface area contributed by atoms with Gasteiger partial charge in [0.2, 0.25) is 5.91 Å². The van der Waals surface area contributed by atoms with Crippen LogP contribution in [-0.2, 0) is 11.8 Å². The number of aryl methyl sites for hydroxylation is 1. The number of rotatable bonds is 3. The predicted molar refractivity (Wildman–Crippen MR) is 94.9 cm³/mol. The third-order valence-electron chi connectivity index (χ3n) is 4.67. The lowest BCUT2D eigenvalue weighted by atomic mass is 10.1. The van der Waals surface area contributed by atoms with Crippen LogP contribution in [0.1, 0.15) is 30.8 Å². The summed E-state index contributed by atoms with van der Waals surface area (Å²) >= 11 is 0. The highest BCUT2D eigenvalue weighted by Gasteiger charge is 2.26. The number of carbonyl (C=O) groups is 2. The van der Waals surface area contributed by atoms with Crippen molar-refractivity contribution in [3.63, 3.8) is 0 Å². The molecule has 2 aromatic rings. The maximum absolute atomic E-state index is 12.8. The van der Waals surface area contributed by atoms with Crippen LogP contribution >= 0.6 is 0 Å². The number of hydrogen-bond donors (Lipinski definition) is 0. The number of para-hydroxylation sites is 1. The minimum atomic E-state index is 0.0460. The van der Waals surface area contributed by atoms with Crippen molar-refractivity contribution in [1.29, 1.82) is 0 Å². The van der Waals surface area contributed by atoms with Gasteiger partial charge in [-0.25, -0.2) is 0 Å². The summed E-state index contributed by atoms with van der Waals surface area (Å²) in [5.74, 6) is 0.610. The zero-order valence-electron chi connectivity index (χ0n) is 14.7. The van der Waals surface area contributed by atoms with Crippen LogP contribution in [0.4, 0.5) is 0 Å². The third-order valence-corrected chi connectivity index (χ3v) is 4.67. The summed E-state index contributed by atoms with van der Waals surface area (Å²) in [5, 5.41) is 1.08. The largest absolute Gasteiger partial charge is 0.340 e. The van der Waals surface area contributed by atoms with Crippen molar-refractivity contribution in [2.75, 3.05) is 26.2 Å². The number of hydrogen-bond acceptors (Lipinski definition) is 2. The number of benzene rings is 1. The van der Waals surface area contributed by atoms with Crippen molar-refractivity contribution in [2.24, 2.45) is 13.0 Å². The van der Waals surface area contributed by atoms with Crippen LogP contribution in [0.15, 0.2) is 30.3 Å². The van der Waals surface area contributed by atoms with Crippen LogP contribution in [-0.4, -0.2) is 52.4 Å². The molecule has 1 aromatic carbocycles. The van der Waals surface area contributed by atoms with E-state index in [0.717, 1.165) is 10.9 Å². The Kier molecular flexibility index (Phi) is 4.60. The zero-order chi connectivity index (χ0) is 17.3. The van der Waals surface area contributed by atoms with Gasteiger partial charge in [0.25, 0.3) is 5.91 Å². The van der Waals surface area contributed by atoms with Gasteiger partial charge in [-0.1, -0.05) is 32.0 Å². The fourth-order valence-corrected chi connectivity index (χ4v) is 3.29. The number of piperazine rings is 1. The van der Waals surface area contributed by atoms with Crippen molar-refractivity contribution >= 4 is 22.7 Å². The zero-order valence-corrected chi connectivity index (χ0v) is 14.7. The Labute approximate surface area is 142 Å². The topological polar surface area (TPSA) is 45.6 Å². The molecule has 5 nitrogen and oxygen atoms in total. The van der Waals surface area contributed by atoms with E-state index in [1.54, 1.807) is 0 Å². The van der Waals surface area contributed by atoms with Gasteiger partial charge in [0, 0.05) is 50.6 Å². The molecule has 1 saturated heterocycles. The molecule has 5 heteroatoms. The molecule has 2 amide bonds. The monoisotopic (exact) mass is 327 g/mol. The van der Waals surface area contributed by atoms with E-state index < -0.39 is 0 Å². The molecule has 1 fully saturated rings. The van der Waals surface area contributed by atoms with Crippen LogP contribution in [0.3, 0.4) is 0 Å². The molecule has 128 valence electrons. The predicted octanol–water partition coefficient (Wildman–Crippen LogP) is 2.51. The van der Waals surface area contributed by atoms with Gasteiger partial charge in [-0.15, -0.1) is 0 Å². The lowest BCUT2D eigenvalue weighted by molar-refractivity contribution is -0.133. The Hall–Kier alpha value is -2.30. The summed E-state index contributed by atoms with van der Waals surface area (Å²) < 4.78 is 1.95. The molecule has 1 aromatic heterocycles. The normalized spacial score (nSPS) is 15.3. The molecule has 3 rings (SSSR count). The Bertz CT molecular complexity index is 755. The van der Waals surface area contributed by atoms with Gasteiger partial charge in [-0.2, -0.15) is 0 Å². The first-order valence-corrected chi connectivity index (χ1v) is 8.59. The third kappa shape index (κ3) is 3.16. The highest BCUT2D eigenvalue weighted by Crippen LogP contribution is 2.20. The SMILES string of the molecule is CC(C)CC(=O)N1CCN(C(=O)c2cc3ccccc3n2C)CC1. The fraction of sp³-hybridized carbons (Fsp3) is 0.474. The summed E-state index contributed by atoms with van der Waals surface area (Å²) in [6.07, 6.45) is 0.581. The molecular weight excluding hydrogens is 302 g/mol. The van der Waals surface area contributed by atoms with Crippen molar-refractivity contribution in [2.45, 2.75) is 20.3 Å². The van der Waals surface area contributed by atoms with Crippen LogP contribution in [0.5, 0.6) is 0 Å². The summed E-state index contributed by atoms with van der Waals surface area (Å²) in [7, 11) is 1.93. The molecule has 24 heavy (non-hydrogen) atoms. The van der Waals surface area contributed by atoms with Crippen molar-refractivity contribution in [3.8, 4) is 0 Å². The average Bonchev–Trinajstić information content (AvgIpc) is 2.91. The first-order chi connectivity index (χ1) is 11.5. The van der Waals surface area contributed by atoms with Gasteiger partial charge in [-0.05, 0) is 18.1 Å². The lowest BCUT2D eigenvalue weighted by Gasteiger charge is -2.35. The Morgan fingerprint density at radius 3 is 2.29 bits per heavy atom. The standard InChI is InChI=1S/C19H25N3O2/c1-14(2)12-18(23)21-8-10-22(11-9-21)19(24)17-13-15-6-4-5-7-16(15)20(17)3/h4-7,13-14H,8-12H2,1-3H3. The molecule has 0 bridgehead atoms. The van der Waals surface area contributed by atoms with Crippen molar-refractivity contribution < 1.29 is 9.59 Å². The van der Waals surface area contributed by atoms with E-state index in [1.807, 2.05) is 51.7 Å². The van der Waals surface area contributed by atoms with Crippen LogP contribution < -0.4 is 0 Å². The second kappa shape index (κ2) is 6.67. The highest BCUT2D eigenvalue weighted by atomic mass is 16.2. The van der Waals surface area contributed by atoms with Gasteiger partial charge < -0.3 is 14.4 Å². The van der Waals surface area contributed by atoms with Crippen LogP contribution in [0, 0.1) is 5.92 Å². The van der Waals surface area contributed by atoms with E-state index in [1.165, 1.54) is 0 Å². The minimum absolute atomic E-state index is 0.0460. The Balaban J connectivity index is 1.68. The number of fused-ring (bicyclic) bond motifs is 1. The number of carbonyl (C=O) groups excluding carboxylic acids is 2. The lowest BCUT2D eigenvalue weighted by Crippen LogP contribution is -2.51. The van der Waals surface area contributed by atoms with E-state index in [0.29, 0.717) is 44.2 Å². The molecule has 2 heterocycles. The molecule has 0 atom stereocenters. The minimum Gasteiger partial charge on any atom is -0.340 e. The molecule has 0 radical (unpaired) electrons. The second-order valence-electron chi connectivity index (χ2n) is 6.92. The first kappa shape index (κ1) is 16.6. The maximum atomic E-state index is 12.8. The summed E-state index contributed by atoms with van der Waals surface area (Å²) in [6, 6.07) is 9.96. The van der Waals surface area contributed by atoms with Gasteiger partial charge in [0.15, 0.2) is 0 Å². The van der Waals surface area contributed by atoms with E-state index in [4.69, 9.17) is 0 Å². The molecule has 1 aliphatic rings. The van der Waals surface area contributed by atoms with Crippen LogP contribution in [0.25, 0.3) is 10.9 Å². The quantitative estimate of drug-likeness (QED) is 0.869. The fourth-order valence-electron chi connectivity index (χ4n) is 3.29. The van der Waals surface area contributed by atoms with Gasteiger partial charge in [-0.3, -0.25) is 9.59 Å². The summed E-state index contributed by atoms with van der Waals surface area (Å²) in [4.78, 5) is 28.7. The average molecular weight is 327 g/mol. The second-order valence-corrected chi connectivity index (χ2v) is 6.92. The first-order valence-electron chi connectivity index (χ1n) is 8.59. The molecule has 0 unspecified atom stereocenters. The van der Waals surface area contributed by atoms with Crippen LogP contribution in [0.2, 0.25) is 0 Å². The van der Waals surface area contributed by atoms with Crippen molar-refractivity contribution in [3.05, 3.63) is 36.0 Å². The van der Waals surface area contributed by atoms with E-state index in [9.17, 15) is 9.59 Å².